The van der Waals surface area contributed by atoms with Crippen molar-refractivity contribution in [2.24, 2.45) is 17.8 Å². The molecule has 5 heteroatoms. The van der Waals surface area contributed by atoms with E-state index < -0.39 is 0 Å². The predicted molar refractivity (Wildman–Crippen MR) is 253 cm³/mol. The van der Waals surface area contributed by atoms with Gasteiger partial charge in [0, 0.05) is 33.2 Å². The first-order valence-corrected chi connectivity index (χ1v) is 22.1. The minimum Gasteiger partial charge on any atom is -0.309 e. The van der Waals surface area contributed by atoms with Crippen molar-refractivity contribution in [2.75, 3.05) is 0 Å². The van der Waals surface area contributed by atoms with E-state index in [1.807, 2.05) is 24.3 Å². The van der Waals surface area contributed by atoms with Crippen molar-refractivity contribution < 1.29 is 0 Å². The Hall–Kier alpha value is -7.16. The van der Waals surface area contributed by atoms with Crippen LogP contribution in [0.5, 0.6) is 0 Å². The molecule has 0 spiro atoms. The first-order valence-electron chi connectivity index (χ1n) is 22.1. The minimum absolute atomic E-state index is 0.324. The molecular formula is C57H47N5. The van der Waals surface area contributed by atoms with E-state index in [2.05, 4.69) is 170 Å². The maximum absolute atomic E-state index is 9.48. The highest BCUT2D eigenvalue weighted by Crippen LogP contribution is 2.54. The zero-order valence-corrected chi connectivity index (χ0v) is 35.2. The van der Waals surface area contributed by atoms with Crippen LogP contribution in [0.15, 0.2) is 170 Å². The van der Waals surface area contributed by atoms with Gasteiger partial charge in [-0.05, 0) is 132 Å². The lowest BCUT2D eigenvalue weighted by Gasteiger charge is -2.50. The lowest BCUT2D eigenvalue weighted by atomic mass is 9.54. The van der Waals surface area contributed by atoms with Crippen molar-refractivity contribution in [3.8, 4) is 68.2 Å². The van der Waals surface area contributed by atoms with Crippen molar-refractivity contribution in [3.05, 3.63) is 181 Å². The van der Waals surface area contributed by atoms with Gasteiger partial charge in [0.2, 0.25) is 0 Å². The van der Waals surface area contributed by atoms with Crippen molar-refractivity contribution >= 4 is 21.8 Å². The SMILES string of the molecule is C[C@@H]1CC2C[C@H](C)CC(c3ccc(-c4ccc(-c5nc(-c6ccc(C#N)cc6)nc(-c6ccc(-c7ccc8c9ccccc9n(-c9ccccc9)c8c7)cc6)n5)cc4)cc3)(C2)C1. The Labute approximate surface area is 363 Å². The van der Waals surface area contributed by atoms with Crippen molar-refractivity contribution in [1.82, 2.24) is 19.5 Å². The number of aromatic nitrogens is 4. The second-order valence-electron chi connectivity index (χ2n) is 18.1. The van der Waals surface area contributed by atoms with E-state index in [1.54, 1.807) is 0 Å². The predicted octanol–water partition coefficient (Wildman–Crippen LogP) is 14.3. The van der Waals surface area contributed by atoms with Gasteiger partial charge < -0.3 is 4.57 Å². The van der Waals surface area contributed by atoms with Crippen molar-refractivity contribution in [1.29, 1.82) is 5.26 Å². The molecule has 2 aliphatic rings. The Bertz CT molecular complexity index is 3100. The molecule has 2 unspecified atom stereocenters. The second kappa shape index (κ2) is 15.4. The quantitative estimate of drug-likeness (QED) is 0.161. The molecule has 2 saturated carbocycles. The summed E-state index contributed by atoms with van der Waals surface area (Å²) in [6.07, 6.45) is 6.74. The molecule has 11 rings (SSSR count). The maximum atomic E-state index is 9.48. The number of hydrogen-bond donors (Lipinski definition) is 0. The van der Waals surface area contributed by atoms with Crippen LogP contribution < -0.4 is 0 Å². The lowest BCUT2D eigenvalue weighted by Crippen LogP contribution is -2.42. The standard InChI is InChI=1S/C57H47N5/c1-37-30-40-31-38(2)34-57(33-37,35-40)48-27-24-42(25-28-48)41-16-20-45(21-17-41)55-59-54(44-14-12-39(36-58)13-15-44)60-56(61-55)46-22-18-43(19-23-46)47-26-29-51-50-10-6-7-11-52(50)62(53(51)32-47)49-8-4-3-5-9-49/h3-29,32,37-38,40H,30-31,33-35H2,1-2H3/t37-,38+,40?,57?. The van der Waals surface area contributed by atoms with Gasteiger partial charge in [-0.1, -0.05) is 135 Å². The van der Waals surface area contributed by atoms with E-state index in [9.17, 15) is 5.26 Å². The van der Waals surface area contributed by atoms with Gasteiger partial charge in [-0.15, -0.1) is 0 Å². The number of nitriles is 1. The highest BCUT2D eigenvalue weighted by atomic mass is 15.0. The molecule has 9 aromatic rings. The van der Waals surface area contributed by atoms with E-state index in [0.29, 0.717) is 28.5 Å². The van der Waals surface area contributed by atoms with Gasteiger partial charge in [0.15, 0.2) is 17.5 Å². The molecule has 0 aliphatic heterocycles. The Kier molecular flexibility index (Phi) is 9.38. The van der Waals surface area contributed by atoms with Crippen LogP contribution in [-0.4, -0.2) is 19.5 Å². The summed E-state index contributed by atoms with van der Waals surface area (Å²) in [6.45, 7) is 4.92. The number of fused-ring (bicyclic) bond motifs is 5. The van der Waals surface area contributed by atoms with Gasteiger partial charge in [-0.3, -0.25) is 0 Å². The molecule has 62 heavy (non-hydrogen) atoms. The topological polar surface area (TPSA) is 67.4 Å². The molecule has 0 amide bonds. The van der Waals surface area contributed by atoms with E-state index in [1.165, 1.54) is 70.6 Å². The fourth-order valence-electron chi connectivity index (χ4n) is 11.2. The third kappa shape index (κ3) is 6.86. The first kappa shape index (κ1) is 37.8. The summed E-state index contributed by atoms with van der Waals surface area (Å²) in [5, 5.41) is 11.9. The summed E-state index contributed by atoms with van der Waals surface area (Å²) in [6, 6.07) is 62.1. The monoisotopic (exact) mass is 801 g/mol. The summed E-state index contributed by atoms with van der Waals surface area (Å²) in [5.74, 6) is 4.21. The van der Waals surface area contributed by atoms with Crippen LogP contribution in [0.3, 0.4) is 0 Å². The van der Waals surface area contributed by atoms with Crippen LogP contribution in [0.4, 0.5) is 0 Å². The average Bonchev–Trinajstić information content (AvgIpc) is 3.65. The summed E-state index contributed by atoms with van der Waals surface area (Å²) in [7, 11) is 0. The minimum atomic E-state index is 0.324. The second-order valence-corrected chi connectivity index (χ2v) is 18.1. The van der Waals surface area contributed by atoms with Crippen LogP contribution in [-0.2, 0) is 5.41 Å². The number of para-hydroxylation sites is 2. The van der Waals surface area contributed by atoms with Crippen LogP contribution in [0.2, 0.25) is 0 Å². The molecule has 4 atom stereocenters. The molecule has 2 aliphatic carbocycles. The molecule has 2 aromatic heterocycles. The molecule has 300 valence electrons. The maximum Gasteiger partial charge on any atom is 0.164 e. The lowest BCUT2D eigenvalue weighted by molar-refractivity contribution is 0.0780. The van der Waals surface area contributed by atoms with Gasteiger partial charge in [0.25, 0.3) is 0 Å². The zero-order valence-electron chi connectivity index (χ0n) is 35.2. The molecule has 7 aromatic carbocycles. The number of nitrogens with zero attached hydrogens (tertiary/aromatic N) is 5. The Balaban J connectivity index is 0.919. The largest absolute Gasteiger partial charge is 0.309 e. The van der Waals surface area contributed by atoms with E-state index in [0.717, 1.165) is 51.3 Å². The van der Waals surface area contributed by atoms with Crippen molar-refractivity contribution in [3.63, 3.8) is 0 Å². The highest BCUT2D eigenvalue weighted by molar-refractivity contribution is 6.10. The van der Waals surface area contributed by atoms with E-state index >= 15 is 0 Å². The van der Waals surface area contributed by atoms with E-state index in [-0.39, 0.29) is 0 Å². The van der Waals surface area contributed by atoms with E-state index in [4.69, 9.17) is 15.0 Å². The Morgan fingerprint density at radius 1 is 0.484 bits per heavy atom. The van der Waals surface area contributed by atoms with Crippen LogP contribution in [0.25, 0.3) is 83.9 Å². The molecular weight excluding hydrogens is 755 g/mol. The third-order valence-electron chi connectivity index (χ3n) is 13.7. The van der Waals surface area contributed by atoms with Gasteiger partial charge in [-0.2, -0.15) is 5.26 Å². The molecule has 0 N–H and O–H groups in total. The van der Waals surface area contributed by atoms with Crippen molar-refractivity contribution in [2.45, 2.75) is 51.4 Å². The van der Waals surface area contributed by atoms with Crippen LogP contribution in [0, 0.1) is 29.1 Å². The highest BCUT2D eigenvalue weighted by Gasteiger charge is 2.45. The summed E-state index contributed by atoms with van der Waals surface area (Å²) < 4.78 is 2.35. The fraction of sp³-hybridized carbons (Fsp3) is 0.193. The van der Waals surface area contributed by atoms with Gasteiger partial charge in [0.1, 0.15) is 0 Å². The number of benzene rings is 7. The molecule has 0 saturated heterocycles. The summed E-state index contributed by atoms with van der Waals surface area (Å²) in [5.41, 5.74) is 13.2. The first-order chi connectivity index (χ1) is 30.4. The molecule has 2 fully saturated rings. The molecule has 0 radical (unpaired) electrons. The summed E-state index contributed by atoms with van der Waals surface area (Å²) >= 11 is 0. The number of rotatable bonds is 7. The molecule has 5 nitrogen and oxygen atoms in total. The van der Waals surface area contributed by atoms with Gasteiger partial charge in [0.05, 0.1) is 22.7 Å². The fourth-order valence-corrected chi connectivity index (χ4v) is 11.2. The Morgan fingerprint density at radius 3 is 1.53 bits per heavy atom. The average molecular weight is 802 g/mol. The summed E-state index contributed by atoms with van der Waals surface area (Å²) in [4.78, 5) is 15.1. The van der Waals surface area contributed by atoms with Gasteiger partial charge in [-0.25, -0.2) is 15.0 Å². The van der Waals surface area contributed by atoms with Crippen LogP contribution >= 0.6 is 0 Å². The molecule has 2 bridgehead atoms. The molecule has 2 heterocycles. The zero-order chi connectivity index (χ0) is 41.8. The number of hydrogen-bond acceptors (Lipinski definition) is 4. The smallest absolute Gasteiger partial charge is 0.164 e. The Morgan fingerprint density at radius 2 is 0.952 bits per heavy atom. The van der Waals surface area contributed by atoms with Crippen LogP contribution in [0.1, 0.15) is 57.1 Å². The third-order valence-corrected chi connectivity index (χ3v) is 13.7. The van der Waals surface area contributed by atoms with Gasteiger partial charge >= 0.3 is 0 Å². The normalized spacial score (nSPS) is 19.7.